The highest BCUT2D eigenvalue weighted by atomic mass is 19.1. The van der Waals surface area contributed by atoms with Crippen molar-refractivity contribution in [3.63, 3.8) is 0 Å². The van der Waals surface area contributed by atoms with Crippen LogP contribution in [0.4, 0.5) is 14.9 Å². The summed E-state index contributed by atoms with van der Waals surface area (Å²) < 4.78 is 14.4. The van der Waals surface area contributed by atoms with Crippen molar-refractivity contribution < 1.29 is 14.0 Å². The second-order valence-corrected chi connectivity index (χ2v) is 6.26. The molecule has 1 aromatic heterocycles. The van der Waals surface area contributed by atoms with Gasteiger partial charge in [0.15, 0.2) is 0 Å². The van der Waals surface area contributed by atoms with Crippen molar-refractivity contribution in [2.24, 2.45) is 0 Å². The normalized spacial score (nSPS) is 16.2. The van der Waals surface area contributed by atoms with Crippen molar-refractivity contribution in [1.82, 2.24) is 25.0 Å². The minimum Gasteiger partial charge on any atom is -0.341 e. The number of anilines is 1. The number of hydrogen-bond donors (Lipinski definition) is 2. The number of rotatable bonds is 4. The van der Waals surface area contributed by atoms with Gasteiger partial charge in [0.1, 0.15) is 24.5 Å². The molecule has 1 fully saturated rings. The molecule has 1 aromatic carbocycles. The van der Waals surface area contributed by atoms with Gasteiger partial charge in [0.25, 0.3) is 0 Å². The van der Waals surface area contributed by atoms with Crippen LogP contribution in [0.15, 0.2) is 36.9 Å². The van der Waals surface area contributed by atoms with E-state index >= 15 is 0 Å². The standard InChI is InChI=1S/C17H21FN6O2/c1-12(24-11-19-10-20-24)16(25)23-8-6-15(7-9-23)22-17(26)21-14-4-2-13(18)3-5-14/h2-5,10-12,15H,6-9H2,1H3,(H2,21,22,26). The van der Waals surface area contributed by atoms with E-state index < -0.39 is 6.04 Å². The molecule has 0 aliphatic carbocycles. The first-order chi connectivity index (χ1) is 12.5. The second kappa shape index (κ2) is 7.94. The monoisotopic (exact) mass is 360 g/mol. The minimum absolute atomic E-state index is 0.00952. The average molecular weight is 360 g/mol. The molecule has 0 spiro atoms. The zero-order valence-electron chi connectivity index (χ0n) is 14.4. The lowest BCUT2D eigenvalue weighted by molar-refractivity contribution is -0.135. The molecular formula is C17H21FN6O2. The molecule has 2 aromatic rings. The first-order valence-electron chi connectivity index (χ1n) is 8.49. The van der Waals surface area contributed by atoms with Gasteiger partial charge in [-0.25, -0.2) is 18.9 Å². The number of amides is 3. The Labute approximate surface area is 150 Å². The summed E-state index contributed by atoms with van der Waals surface area (Å²) in [6.45, 7) is 2.93. The highest BCUT2D eigenvalue weighted by molar-refractivity contribution is 5.89. The summed E-state index contributed by atoms with van der Waals surface area (Å²) in [6, 6.07) is 4.83. The van der Waals surface area contributed by atoms with Crippen molar-refractivity contribution in [2.45, 2.75) is 31.8 Å². The van der Waals surface area contributed by atoms with Crippen LogP contribution in [0, 0.1) is 5.82 Å². The van der Waals surface area contributed by atoms with E-state index in [1.54, 1.807) is 11.8 Å². The number of urea groups is 1. The van der Waals surface area contributed by atoms with Crippen molar-refractivity contribution in [3.05, 3.63) is 42.7 Å². The molecule has 2 heterocycles. The number of piperidine rings is 1. The first-order valence-corrected chi connectivity index (χ1v) is 8.49. The summed E-state index contributed by atoms with van der Waals surface area (Å²) in [5, 5.41) is 9.56. The molecule has 9 heteroatoms. The Morgan fingerprint density at radius 1 is 1.23 bits per heavy atom. The Morgan fingerprint density at radius 3 is 2.54 bits per heavy atom. The van der Waals surface area contributed by atoms with Gasteiger partial charge in [-0.2, -0.15) is 5.10 Å². The van der Waals surface area contributed by atoms with Crippen molar-refractivity contribution in [2.75, 3.05) is 18.4 Å². The maximum absolute atomic E-state index is 12.9. The van der Waals surface area contributed by atoms with Gasteiger partial charge in [0.05, 0.1) is 0 Å². The predicted octanol–water partition coefficient (Wildman–Crippen LogP) is 1.79. The Hall–Kier alpha value is -2.97. The number of carbonyl (C=O) groups excluding carboxylic acids is 2. The van der Waals surface area contributed by atoms with Crippen LogP contribution < -0.4 is 10.6 Å². The minimum atomic E-state index is -0.399. The number of carbonyl (C=O) groups is 2. The van der Waals surface area contributed by atoms with Crippen LogP contribution in [-0.4, -0.2) is 50.7 Å². The van der Waals surface area contributed by atoms with Gasteiger partial charge in [-0.05, 0) is 44.0 Å². The molecule has 3 amide bonds. The maximum Gasteiger partial charge on any atom is 0.319 e. The Morgan fingerprint density at radius 2 is 1.92 bits per heavy atom. The van der Waals surface area contributed by atoms with Gasteiger partial charge < -0.3 is 15.5 Å². The van der Waals surface area contributed by atoms with Gasteiger partial charge in [0, 0.05) is 24.8 Å². The van der Waals surface area contributed by atoms with E-state index in [1.807, 2.05) is 0 Å². The van der Waals surface area contributed by atoms with Crippen LogP contribution in [0.25, 0.3) is 0 Å². The molecule has 1 unspecified atom stereocenters. The molecule has 0 saturated carbocycles. The summed E-state index contributed by atoms with van der Waals surface area (Å²) in [5.41, 5.74) is 0.526. The van der Waals surface area contributed by atoms with Crippen molar-refractivity contribution in [1.29, 1.82) is 0 Å². The van der Waals surface area contributed by atoms with Gasteiger partial charge in [-0.1, -0.05) is 0 Å². The van der Waals surface area contributed by atoms with Gasteiger partial charge in [-0.3, -0.25) is 4.79 Å². The number of likely N-dealkylation sites (tertiary alicyclic amines) is 1. The van der Waals surface area contributed by atoms with Crippen LogP contribution in [0.5, 0.6) is 0 Å². The fourth-order valence-electron chi connectivity index (χ4n) is 2.92. The molecule has 1 aliphatic rings. The summed E-state index contributed by atoms with van der Waals surface area (Å²) in [7, 11) is 0. The number of nitrogens with one attached hydrogen (secondary N) is 2. The van der Waals surface area contributed by atoms with E-state index in [0.717, 1.165) is 0 Å². The molecular weight excluding hydrogens is 339 g/mol. The quantitative estimate of drug-likeness (QED) is 0.869. The lowest BCUT2D eigenvalue weighted by Gasteiger charge is -2.33. The van der Waals surface area contributed by atoms with Crippen LogP contribution in [0.3, 0.4) is 0 Å². The van der Waals surface area contributed by atoms with Crippen LogP contribution in [0.2, 0.25) is 0 Å². The summed E-state index contributed by atoms with van der Waals surface area (Å²) >= 11 is 0. The van der Waals surface area contributed by atoms with E-state index in [-0.39, 0.29) is 23.8 Å². The van der Waals surface area contributed by atoms with E-state index in [9.17, 15) is 14.0 Å². The Kier molecular flexibility index (Phi) is 5.45. The summed E-state index contributed by atoms with van der Waals surface area (Å²) in [5.74, 6) is -0.363. The zero-order valence-corrected chi connectivity index (χ0v) is 14.4. The lowest BCUT2D eigenvalue weighted by Crippen LogP contribution is -2.48. The van der Waals surface area contributed by atoms with E-state index in [2.05, 4.69) is 20.7 Å². The highest BCUT2D eigenvalue weighted by Gasteiger charge is 2.27. The molecule has 26 heavy (non-hydrogen) atoms. The Balaban J connectivity index is 1.45. The molecule has 1 atom stereocenters. The average Bonchev–Trinajstić information content (AvgIpc) is 3.18. The van der Waals surface area contributed by atoms with Crippen LogP contribution in [0.1, 0.15) is 25.8 Å². The molecule has 8 nitrogen and oxygen atoms in total. The molecule has 1 saturated heterocycles. The van der Waals surface area contributed by atoms with E-state index in [0.29, 0.717) is 31.6 Å². The van der Waals surface area contributed by atoms with Crippen molar-refractivity contribution in [3.8, 4) is 0 Å². The van der Waals surface area contributed by atoms with E-state index in [1.165, 1.54) is 41.6 Å². The molecule has 0 bridgehead atoms. The number of nitrogens with zero attached hydrogens (tertiary/aromatic N) is 4. The Bertz CT molecular complexity index is 741. The first kappa shape index (κ1) is 17.8. The third-order valence-electron chi connectivity index (χ3n) is 4.43. The van der Waals surface area contributed by atoms with Crippen LogP contribution in [-0.2, 0) is 4.79 Å². The number of hydrogen-bond acceptors (Lipinski definition) is 4. The molecule has 2 N–H and O–H groups in total. The SMILES string of the molecule is CC(C(=O)N1CCC(NC(=O)Nc2ccc(F)cc2)CC1)n1cncn1. The van der Waals surface area contributed by atoms with E-state index in [4.69, 9.17) is 0 Å². The molecule has 1 aliphatic heterocycles. The van der Waals surface area contributed by atoms with Crippen molar-refractivity contribution >= 4 is 17.6 Å². The summed E-state index contributed by atoms with van der Waals surface area (Å²) in [4.78, 5) is 30.2. The summed E-state index contributed by atoms with van der Waals surface area (Å²) in [6.07, 6.45) is 4.27. The van der Waals surface area contributed by atoms with Gasteiger partial charge in [0.2, 0.25) is 5.91 Å². The van der Waals surface area contributed by atoms with Gasteiger partial charge in [-0.15, -0.1) is 0 Å². The maximum atomic E-state index is 12.9. The zero-order chi connectivity index (χ0) is 18.5. The third-order valence-corrected chi connectivity index (χ3v) is 4.43. The fraction of sp³-hybridized carbons (Fsp3) is 0.412. The molecule has 138 valence electrons. The lowest BCUT2D eigenvalue weighted by atomic mass is 10.0. The predicted molar refractivity (Wildman–Crippen MR) is 92.9 cm³/mol. The number of halogens is 1. The fourth-order valence-corrected chi connectivity index (χ4v) is 2.92. The topological polar surface area (TPSA) is 92.2 Å². The largest absolute Gasteiger partial charge is 0.341 e. The number of aromatic nitrogens is 3. The second-order valence-electron chi connectivity index (χ2n) is 6.26. The van der Waals surface area contributed by atoms with Crippen LogP contribution >= 0.6 is 0 Å². The molecule has 0 radical (unpaired) electrons. The number of benzene rings is 1. The third kappa shape index (κ3) is 4.35. The highest BCUT2D eigenvalue weighted by Crippen LogP contribution is 2.16. The smallest absolute Gasteiger partial charge is 0.319 e. The molecule has 3 rings (SSSR count). The van der Waals surface area contributed by atoms with Gasteiger partial charge >= 0.3 is 6.03 Å².